The summed E-state index contributed by atoms with van der Waals surface area (Å²) >= 11 is 12.2. The molecule has 0 aliphatic rings. The van der Waals surface area contributed by atoms with Crippen molar-refractivity contribution in [3.63, 3.8) is 0 Å². The molecule has 3 rings (SSSR count). The summed E-state index contributed by atoms with van der Waals surface area (Å²) in [5.74, 6) is -0.869. The molecule has 0 spiro atoms. The predicted molar refractivity (Wildman–Crippen MR) is 162 cm³/mol. The lowest BCUT2D eigenvalue weighted by atomic mass is 10.0. The number of anilines is 1. The second-order valence-electron chi connectivity index (χ2n) is 10.8. The van der Waals surface area contributed by atoms with Crippen molar-refractivity contribution in [2.45, 2.75) is 52.2 Å². The lowest BCUT2D eigenvalue weighted by molar-refractivity contribution is -0.140. The minimum Gasteiger partial charge on any atom is -0.350 e. The number of rotatable bonds is 10. The number of halogens is 2. The van der Waals surface area contributed by atoms with E-state index >= 15 is 0 Å². The maximum Gasteiger partial charge on any atom is 0.244 e. The lowest BCUT2D eigenvalue weighted by Gasteiger charge is -2.35. The Hall–Kier alpha value is -3.07. The van der Waals surface area contributed by atoms with Gasteiger partial charge in [0.2, 0.25) is 21.8 Å². The molecule has 0 fully saturated rings. The standard InChI is InChI=1S/C30H35Cl2N3O4S/c1-21-17-25(32)15-16-26(21)35(40(5,38)39)20-28(36)34(19-23-11-13-24(31)14-12-23)27(29(37)33-30(2,3)4)18-22-9-7-6-8-10-22/h6-17,27H,18-20H2,1-5H3,(H,33,37). The third kappa shape index (κ3) is 8.98. The highest BCUT2D eigenvalue weighted by Gasteiger charge is 2.34. The number of amides is 2. The number of carbonyl (C=O) groups excluding carboxylic acids is 2. The highest BCUT2D eigenvalue weighted by Crippen LogP contribution is 2.26. The van der Waals surface area contributed by atoms with Crippen LogP contribution in [-0.4, -0.2) is 49.5 Å². The van der Waals surface area contributed by atoms with Crippen molar-refractivity contribution in [3.05, 3.63) is 99.5 Å². The summed E-state index contributed by atoms with van der Waals surface area (Å²) in [6.45, 7) is 6.90. The Morgan fingerprint density at radius 3 is 2.05 bits per heavy atom. The molecule has 2 amide bonds. The van der Waals surface area contributed by atoms with E-state index in [0.717, 1.165) is 21.7 Å². The lowest BCUT2D eigenvalue weighted by Crippen LogP contribution is -2.56. The van der Waals surface area contributed by atoms with E-state index < -0.39 is 34.1 Å². The maximum atomic E-state index is 14.1. The van der Waals surface area contributed by atoms with Crippen molar-refractivity contribution in [1.29, 1.82) is 0 Å². The summed E-state index contributed by atoms with van der Waals surface area (Å²) in [5.41, 5.74) is 1.99. The van der Waals surface area contributed by atoms with E-state index in [1.807, 2.05) is 51.1 Å². The molecule has 7 nitrogen and oxygen atoms in total. The second kappa shape index (κ2) is 13.1. The maximum absolute atomic E-state index is 14.1. The van der Waals surface area contributed by atoms with Crippen LogP contribution in [0.2, 0.25) is 10.0 Å². The summed E-state index contributed by atoms with van der Waals surface area (Å²) in [5, 5.41) is 3.99. The van der Waals surface area contributed by atoms with Gasteiger partial charge in [-0.25, -0.2) is 8.42 Å². The molecule has 0 saturated carbocycles. The van der Waals surface area contributed by atoms with E-state index in [-0.39, 0.29) is 18.9 Å². The van der Waals surface area contributed by atoms with E-state index in [0.29, 0.717) is 21.3 Å². The highest BCUT2D eigenvalue weighted by atomic mass is 35.5. The van der Waals surface area contributed by atoms with Gasteiger partial charge >= 0.3 is 0 Å². The summed E-state index contributed by atoms with van der Waals surface area (Å²) in [4.78, 5) is 29.3. The number of benzene rings is 3. The molecule has 0 heterocycles. The van der Waals surface area contributed by atoms with Crippen LogP contribution in [0.3, 0.4) is 0 Å². The first kappa shape index (κ1) is 31.5. The van der Waals surface area contributed by atoms with Crippen molar-refractivity contribution >= 4 is 50.7 Å². The van der Waals surface area contributed by atoms with Crippen molar-refractivity contribution in [2.24, 2.45) is 0 Å². The topological polar surface area (TPSA) is 86.8 Å². The Bertz CT molecular complexity index is 1440. The van der Waals surface area contributed by atoms with Crippen molar-refractivity contribution in [2.75, 3.05) is 17.1 Å². The Balaban J connectivity index is 2.09. The molecule has 0 aromatic heterocycles. The van der Waals surface area contributed by atoms with Gasteiger partial charge in [-0.3, -0.25) is 13.9 Å². The fourth-order valence-electron chi connectivity index (χ4n) is 4.29. The molecular weight excluding hydrogens is 569 g/mol. The highest BCUT2D eigenvalue weighted by molar-refractivity contribution is 7.92. The molecule has 0 radical (unpaired) electrons. The van der Waals surface area contributed by atoms with Gasteiger partial charge in [-0.05, 0) is 74.7 Å². The molecule has 1 unspecified atom stereocenters. The first-order valence-corrected chi connectivity index (χ1v) is 15.4. The summed E-state index contributed by atoms with van der Waals surface area (Å²) in [7, 11) is -3.87. The van der Waals surface area contributed by atoms with Crippen LogP contribution in [0.4, 0.5) is 5.69 Å². The van der Waals surface area contributed by atoms with E-state index in [1.54, 1.807) is 49.4 Å². The predicted octanol–water partition coefficient (Wildman–Crippen LogP) is 5.62. The first-order valence-electron chi connectivity index (χ1n) is 12.8. The third-order valence-electron chi connectivity index (χ3n) is 6.14. The molecule has 214 valence electrons. The van der Waals surface area contributed by atoms with E-state index in [2.05, 4.69) is 5.32 Å². The van der Waals surface area contributed by atoms with Gasteiger partial charge in [0.1, 0.15) is 12.6 Å². The minimum absolute atomic E-state index is 0.0717. The fraction of sp³-hybridized carbons (Fsp3) is 0.333. The van der Waals surface area contributed by atoms with Crippen molar-refractivity contribution in [3.8, 4) is 0 Å². The number of nitrogens with one attached hydrogen (secondary N) is 1. The van der Waals surface area contributed by atoms with Gasteiger partial charge in [0, 0.05) is 28.5 Å². The first-order chi connectivity index (χ1) is 18.6. The second-order valence-corrected chi connectivity index (χ2v) is 13.6. The van der Waals surface area contributed by atoms with Crippen LogP contribution in [0.5, 0.6) is 0 Å². The zero-order chi connectivity index (χ0) is 29.7. The van der Waals surface area contributed by atoms with Gasteiger partial charge in [0.25, 0.3) is 0 Å². The van der Waals surface area contributed by atoms with Crippen LogP contribution < -0.4 is 9.62 Å². The van der Waals surface area contributed by atoms with Crippen LogP contribution in [0, 0.1) is 6.92 Å². The number of sulfonamides is 1. The molecule has 3 aromatic carbocycles. The van der Waals surface area contributed by atoms with Gasteiger partial charge in [0.05, 0.1) is 11.9 Å². The molecule has 10 heteroatoms. The average Bonchev–Trinajstić information content (AvgIpc) is 2.85. The quantitative estimate of drug-likeness (QED) is 0.326. The zero-order valence-electron chi connectivity index (χ0n) is 23.3. The molecule has 40 heavy (non-hydrogen) atoms. The Labute approximate surface area is 247 Å². The van der Waals surface area contributed by atoms with E-state index in [4.69, 9.17) is 23.2 Å². The van der Waals surface area contributed by atoms with Crippen LogP contribution in [0.15, 0.2) is 72.8 Å². The normalized spacial score (nSPS) is 12.5. The van der Waals surface area contributed by atoms with Crippen LogP contribution in [-0.2, 0) is 32.6 Å². The molecular formula is C30H35Cl2N3O4S. The monoisotopic (exact) mass is 603 g/mol. The third-order valence-corrected chi connectivity index (χ3v) is 7.76. The van der Waals surface area contributed by atoms with Gasteiger partial charge in [-0.2, -0.15) is 0 Å². The Morgan fingerprint density at radius 2 is 1.50 bits per heavy atom. The smallest absolute Gasteiger partial charge is 0.244 e. The molecule has 1 atom stereocenters. The molecule has 0 aliphatic heterocycles. The van der Waals surface area contributed by atoms with E-state index in [1.165, 1.54) is 4.90 Å². The summed E-state index contributed by atoms with van der Waals surface area (Å²) in [6.07, 6.45) is 1.28. The number of hydrogen-bond acceptors (Lipinski definition) is 4. The van der Waals surface area contributed by atoms with Crippen LogP contribution in [0.25, 0.3) is 0 Å². The summed E-state index contributed by atoms with van der Waals surface area (Å²) in [6, 6.07) is 20.2. The van der Waals surface area contributed by atoms with Gasteiger partial charge < -0.3 is 10.2 Å². The SMILES string of the molecule is Cc1cc(Cl)ccc1N(CC(=O)N(Cc1ccc(Cl)cc1)C(Cc1ccccc1)C(=O)NC(C)(C)C)S(C)(=O)=O. The average molecular weight is 605 g/mol. The molecule has 0 bridgehead atoms. The Kier molecular flexibility index (Phi) is 10.3. The molecule has 0 aliphatic carbocycles. The molecule has 1 N–H and O–H groups in total. The fourth-order valence-corrected chi connectivity index (χ4v) is 5.55. The van der Waals surface area contributed by atoms with Gasteiger partial charge in [-0.1, -0.05) is 65.7 Å². The van der Waals surface area contributed by atoms with Crippen molar-refractivity contribution < 1.29 is 18.0 Å². The number of hydrogen-bond donors (Lipinski definition) is 1. The zero-order valence-corrected chi connectivity index (χ0v) is 25.6. The number of aryl methyl sites for hydroxylation is 1. The largest absolute Gasteiger partial charge is 0.350 e. The molecule has 0 saturated heterocycles. The minimum atomic E-state index is -3.87. The van der Waals surface area contributed by atoms with Gasteiger partial charge in [0.15, 0.2) is 0 Å². The van der Waals surface area contributed by atoms with Crippen molar-refractivity contribution in [1.82, 2.24) is 10.2 Å². The van der Waals surface area contributed by atoms with Gasteiger partial charge in [-0.15, -0.1) is 0 Å². The summed E-state index contributed by atoms with van der Waals surface area (Å²) < 4.78 is 26.9. The number of nitrogens with zero attached hydrogens (tertiary/aromatic N) is 2. The molecule has 3 aromatic rings. The van der Waals surface area contributed by atoms with E-state index in [9.17, 15) is 18.0 Å². The Morgan fingerprint density at radius 1 is 0.900 bits per heavy atom. The van der Waals surface area contributed by atoms with Crippen LogP contribution in [0.1, 0.15) is 37.5 Å². The number of carbonyl (C=O) groups is 2. The van der Waals surface area contributed by atoms with Crippen LogP contribution >= 0.6 is 23.2 Å².